The van der Waals surface area contributed by atoms with Gasteiger partial charge in [0, 0.05) is 5.56 Å². The molecule has 4 rings (SSSR count). The summed E-state index contributed by atoms with van der Waals surface area (Å²) in [4.78, 5) is 37.4. The SMILES string of the molecule is O=C(NC1CCc2ccccc21)c1cccc(CN2C(=O)CSC2=O)c1. The molecule has 132 valence electrons. The maximum absolute atomic E-state index is 12.7. The van der Waals surface area contributed by atoms with E-state index in [0.29, 0.717) is 5.56 Å². The highest BCUT2D eigenvalue weighted by Gasteiger charge is 2.30. The zero-order valence-corrected chi connectivity index (χ0v) is 14.9. The number of benzene rings is 2. The molecule has 1 heterocycles. The van der Waals surface area contributed by atoms with E-state index in [4.69, 9.17) is 0 Å². The minimum Gasteiger partial charge on any atom is -0.345 e. The molecule has 5 nitrogen and oxygen atoms in total. The van der Waals surface area contributed by atoms with Crippen molar-refractivity contribution >= 4 is 28.8 Å². The Hall–Kier alpha value is -2.60. The minimum atomic E-state index is -0.229. The van der Waals surface area contributed by atoms with Crippen molar-refractivity contribution in [2.24, 2.45) is 0 Å². The first-order valence-corrected chi connectivity index (χ1v) is 9.55. The lowest BCUT2D eigenvalue weighted by Crippen LogP contribution is -2.29. The van der Waals surface area contributed by atoms with E-state index >= 15 is 0 Å². The summed E-state index contributed by atoms with van der Waals surface area (Å²) < 4.78 is 0. The van der Waals surface area contributed by atoms with Gasteiger partial charge in [-0.15, -0.1) is 0 Å². The van der Waals surface area contributed by atoms with Crippen molar-refractivity contribution in [2.75, 3.05) is 5.75 Å². The molecule has 1 unspecified atom stereocenters. The predicted molar refractivity (Wildman–Crippen MR) is 99.8 cm³/mol. The van der Waals surface area contributed by atoms with Gasteiger partial charge in [-0.25, -0.2) is 0 Å². The van der Waals surface area contributed by atoms with Crippen LogP contribution in [0, 0.1) is 0 Å². The number of hydrogen-bond acceptors (Lipinski definition) is 4. The number of amides is 3. The van der Waals surface area contributed by atoms with Gasteiger partial charge in [-0.3, -0.25) is 19.3 Å². The highest BCUT2D eigenvalue weighted by atomic mass is 32.2. The van der Waals surface area contributed by atoms with Crippen LogP contribution in [0.3, 0.4) is 0 Å². The molecule has 0 radical (unpaired) electrons. The molecule has 0 aromatic heterocycles. The van der Waals surface area contributed by atoms with E-state index in [2.05, 4.69) is 17.4 Å². The summed E-state index contributed by atoms with van der Waals surface area (Å²) in [5.41, 5.74) is 3.78. The molecule has 6 heteroatoms. The summed E-state index contributed by atoms with van der Waals surface area (Å²) in [6, 6.07) is 15.3. The summed E-state index contributed by atoms with van der Waals surface area (Å²) in [6.45, 7) is 0.206. The molecule has 2 aromatic rings. The fraction of sp³-hybridized carbons (Fsp3) is 0.250. The summed E-state index contributed by atoms with van der Waals surface area (Å²) in [6.07, 6.45) is 1.87. The van der Waals surface area contributed by atoms with Crippen LogP contribution < -0.4 is 5.32 Å². The molecular weight excluding hydrogens is 348 g/mol. The number of aryl methyl sites for hydroxylation is 1. The van der Waals surface area contributed by atoms with E-state index < -0.39 is 0 Å². The van der Waals surface area contributed by atoms with E-state index in [1.165, 1.54) is 16.0 Å². The van der Waals surface area contributed by atoms with Crippen molar-refractivity contribution in [1.82, 2.24) is 10.2 Å². The zero-order chi connectivity index (χ0) is 18.1. The average molecular weight is 366 g/mol. The number of hydrogen-bond donors (Lipinski definition) is 1. The average Bonchev–Trinajstić information content (AvgIpc) is 3.20. The van der Waals surface area contributed by atoms with Gasteiger partial charge in [0.2, 0.25) is 5.91 Å². The summed E-state index contributed by atoms with van der Waals surface area (Å²) in [5, 5.41) is 2.87. The molecule has 0 bridgehead atoms. The van der Waals surface area contributed by atoms with Crippen molar-refractivity contribution in [3.05, 3.63) is 70.8 Å². The summed E-state index contributed by atoms with van der Waals surface area (Å²) in [5.74, 6) is -0.125. The second-order valence-electron chi connectivity index (χ2n) is 6.50. The molecule has 26 heavy (non-hydrogen) atoms. The Morgan fingerprint density at radius 3 is 2.81 bits per heavy atom. The number of imide groups is 1. The Labute approximate surface area is 155 Å². The van der Waals surface area contributed by atoms with Crippen LogP contribution >= 0.6 is 11.8 Å². The van der Waals surface area contributed by atoms with Crippen LogP contribution in [0.1, 0.15) is 39.5 Å². The first-order chi connectivity index (χ1) is 12.6. The van der Waals surface area contributed by atoms with Crippen molar-refractivity contribution in [1.29, 1.82) is 0 Å². The molecule has 1 N–H and O–H groups in total. The van der Waals surface area contributed by atoms with E-state index in [1.54, 1.807) is 18.2 Å². The van der Waals surface area contributed by atoms with Crippen LogP contribution in [0.5, 0.6) is 0 Å². The molecule has 1 aliphatic carbocycles. The largest absolute Gasteiger partial charge is 0.345 e. The number of carbonyl (C=O) groups is 3. The van der Waals surface area contributed by atoms with Gasteiger partial charge in [0.25, 0.3) is 11.1 Å². The monoisotopic (exact) mass is 366 g/mol. The van der Waals surface area contributed by atoms with Gasteiger partial charge in [0.1, 0.15) is 0 Å². The third-order valence-corrected chi connectivity index (χ3v) is 5.67. The van der Waals surface area contributed by atoms with Gasteiger partial charge in [0.05, 0.1) is 18.3 Å². The van der Waals surface area contributed by atoms with E-state index in [1.807, 2.05) is 18.2 Å². The number of rotatable bonds is 4. The van der Waals surface area contributed by atoms with E-state index in [9.17, 15) is 14.4 Å². The fourth-order valence-electron chi connectivity index (χ4n) is 3.48. The smallest absolute Gasteiger partial charge is 0.289 e. The van der Waals surface area contributed by atoms with E-state index in [0.717, 1.165) is 30.2 Å². The normalized spacial score (nSPS) is 18.9. The van der Waals surface area contributed by atoms with Gasteiger partial charge in [-0.05, 0) is 41.7 Å². The third-order valence-electron chi connectivity index (χ3n) is 4.81. The molecule has 1 fully saturated rings. The number of carbonyl (C=O) groups excluding carboxylic acids is 3. The van der Waals surface area contributed by atoms with Crippen LogP contribution in [-0.2, 0) is 17.8 Å². The van der Waals surface area contributed by atoms with Crippen molar-refractivity contribution in [3.63, 3.8) is 0 Å². The second kappa shape index (κ2) is 6.96. The Bertz CT molecular complexity index is 880. The van der Waals surface area contributed by atoms with Crippen LogP contribution in [0.4, 0.5) is 4.79 Å². The molecule has 0 saturated carbocycles. The van der Waals surface area contributed by atoms with Crippen LogP contribution in [0.25, 0.3) is 0 Å². The molecular formula is C20H18N2O3S. The molecule has 3 amide bonds. The molecule has 2 aliphatic rings. The number of nitrogens with zero attached hydrogens (tertiary/aromatic N) is 1. The van der Waals surface area contributed by atoms with Gasteiger partial charge in [-0.2, -0.15) is 0 Å². The molecule has 1 atom stereocenters. The lowest BCUT2D eigenvalue weighted by Gasteiger charge is -2.16. The summed E-state index contributed by atoms with van der Waals surface area (Å²) in [7, 11) is 0. The van der Waals surface area contributed by atoms with Gasteiger partial charge >= 0.3 is 0 Å². The van der Waals surface area contributed by atoms with Crippen molar-refractivity contribution in [3.8, 4) is 0 Å². The first kappa shape index (κ1) is 16.8. The zero-order valence-electron chi connectivity index (χ0n) is 14.1. The number of thioether (sulfide) groups is 1. The van der Waals surface area contributed by atoms with Crippen LogP contribution in [0.15, 0.2) is 48.5 Å². The van der Waals surface area contributed by atoms with Gasteiger partial charge < -0.3 is 5.32 Å². The van der Waals surface area contributed by atoms with Crippen molar-refractivity contribution < 1.29 is 14.4 Å². The quantitative estimate of drug-likeness (QED) is 0.902. The molecule has 1 aliphatic heterocycles. The highest BCUT2D eigenvalue weighted by Crippen LogP contribution is 2.31. The predicted octanol–water partition coefficient (Wildman–Crippen LogP) is 3.30. The van der Waals surface area contributed by atoms with E-state index in [-0.39, 0.29) is 35.4 Å². The highest BCUT2D eigenvalue weighted by molar-refractivity contribution is 8.14. The summed E-state index contributed by atoms with van der Waals surface area (Å²) >= 11 is 1.02. The second-order valence-corrected chi connectivity index (χ2v) is 7.42. The van der Waals surface area contributed by atoms with Crippen LogP contribution in [-0.4, -0.2) is 27.7 Å². The maximum Gasteiger partial charge on any atom is 0.289 e. The minimum absolute atomic E-state index is 0.0282. The Morgan fingerprint density at radius 1 is 1.15 bits per heavy atom. The Morgan fingerprint density at radius 2 is 2.00 bits per heavy atom. The number of nitrogens with one attached hydrogen (secondary N) is 1. The number of fused-ring (bicyclic) bond motifs is 1. The lowest BCUT2D eigenvalue weighted by atomic mass is 10.1. The standard InChI is InChI=1S/C20H18N2O3S/c23-18-12-26-20(25)22(18)11-13-4-3-6-15(10-13)19(24)21-17-9-8-14-5-1-2-7-16(14)17/h1-7,10,17H,8-9,11-12H2,(H,21,24). The Kier molecular flexibility index (Phi) is 4.51. The first-order valence-electron chi connectivity index (χ1n) is 8.56. The van der Waals surface area contributed by atoms with Gasteiger partial charge in [0.15, 0.2) is 0 Å². The topological polar surface area (TPSA) is 66.5 Å². The van der Waals surface area contributed by atoms with Gasteiger partial charge in [-0.1, -0.05) is 48.2 Å². The Balaban J connectivity index is 1.47. The maximum atomic E-state index is 12.7. The molecule has 0 spiro atoms. The lowest BCUT2D eigenvalue weighted by molar-refractivity contribution is -0.125. The van der Waals surface area contributed by atoms with Crippen LogP contribution in [0.2, 0.25) is 0 Å². The van der Waals surface area contributed by atoms with Crippen molar-refractivity contribution in [2.45, 2.75) is 25.4 Å². The fourth-order valence-corrected chi connectivity index (χ4v) is 4.20. The molecule has 2 aromatic carbocycles. The molecule has 1 saturated heterocycles. The third kappa shape index (κ3) is 3.24.